The predicted molar refractivity (Wildman–Crippen MR) is 79.2 cm³/mol. The monoisotopic (exact) mass is 286 g/mol. The van der Waals surface area contributed by atoms with Crippen molar-refractivity contribution in [3.63, 3.8) is 0 Å². The van der Waals surface area contributed by atoms with E-state index in [1.54, 1.807) is 0 Å². The van der Waals surface area contributed by atoms with Crippen LogP contribution in [0.25, 0.3) is 0 Å². The van der Waals surface area contributed by atoms with Gasteiger partial charge < -0.3 is 10.6 Å². The van der Waals surface area contributed by atoms with E-state index in [0.717, 1.165) is 45.2 Å². The summed E-state index contributed by atoms with van der Waals surface area (Å²) in [7, 11) is 0. The molecule has 4 heteroatoms. The average Bonchev–Trinajstić information content (AvgIpc) is 3.00. The standard InChI is InChI=1S/C15H26N2O.ClH/c1-2-6-15(7-8-15)14(18)17-9-11-4-3-5-13(16)12(11)10-17;/h11-13H,2-10,16H2,1H3;1H. The SMILES string of the molecule is CCCC1(C(=O)N2CC3CCCC(N)C3C2)CC1.Cl. The Labute approximate surface area is 122 Å². The number of nitrogens with zero attached hydrogens (tertiary/aromatic N) is 1. The Morgan fingerprint density at radius 3 is 2.63 bits per heavy atom. The molecule has 0 bridgehead atoms. The molecule has 0 aromatic rings. The van der Waals surface area contributed by atoms with Gasteiger partial charge in [-0.15, -0.1) is 12.4 Å². The molecule has 3 atom stereocenters. The summed E-state index contributed by atoms with van der Waals surface area (Å²) in [4.78, 5) is 14.8. The van der Waals surface area contributed by atoms with E-state index in [2.05, 4.69) is 11.8 Å². The van der Waals surface area contributed by atoms with Crippen molar-refractivity contribution in [2.45, 2.75) is 57.9 Å². The Balaban J connectivity index is 0.00000133. The van der Waals surface area contributed by atoms with Crippen LogP contribution in [-0.2, 0) is 4.79 Å². The fourth-order valence-electron chi connectivity index (χ4n) is 4.22. The molecule has 3 nitrogen and oxygen atoms in total. The Hall–Kier alpha value is -0.280. The summed E-state index contributed by atoms with van der Waals surface area (Å²) >= 11 is 0. The van der Waals surface area contributed by atoms with Crippen LogP contribution in [0.4, 0.5) is 0 Å². The zero-order valence-electron chi connectivity index (χ0n) is 11.9. The lowest BCUT2D eigenvalue weighted by Crippen LogP contribution is -2.39. The first-order chi connectivity index (χ1) is 8.66. The minimum Gasteiger partial charge on any atom is -0.342 e. The smallest absolute Gasteiger partial charge is 0.228 e. The number of amides is 1. The second-order valence-electron chi connectivity index (χ2n) is 6.76. The highest BCUT2D eigenvalue weighted by Gasteiger charge is 2.53. The van der Waals surface area contributed by atoms with Crippen LogP contribution >= 0.6 is 12.4 Å². The van der Waals surface area contributed by atoms with Crippen molar-refractivity contribution >= 4 is 18.3 Å². The van der Waals surface area contributed by atoms with Crippen molar-refractivity contribution in [1.29, 1.82) is 0 Å². The van der Waals surface area contributed by atoms with Crippen molar-refractivity contribution in [3.05, 3.63) is 0 Å². The van der Waals surface area contributed by atoms with Gasteiger partial charge in [-0.25, -0.2) is 0 Å². The Kier molecular flexibility index (Phi) is 4.46. The van der Waals surface area contributed by atoms with Crippen molar-refractivity contribution in [1.82, 2.24) is 4.90 Å². The van der Waals surface area contributed by atoms with Crippen LogP contribution in [0.2, 0.25) is 0 Å². The van der Waals surface area contributed by atoms with E-state index in [0.29, 0.717) is 23.8 Å². The lowest BCUT2D eigenvalue weighted by Gasteiger charge is -2.29. The van der Waals surface area contributed by atoms with E-state index in [1.807, 2.05) is 0 Å². The quantitative estimate of drug-likeness (QED) is 0.867. The number of nitrogens with two attached hydrogens (primary N) is 1. The fraction of sp³-hybridized carbons (Fsp3) is 0.933. The summed E-state index contributed by atoms with van der Waals surface area (Å²) in [6.07, 6.45) is 8.15. The zero-order chi connectivity index (χ0) is 12.8. The lowest BCUT2D eigenvalue weighted by atomic mass is 9.78. The molecule has 3 fully saturated rings. The number of halogens is 1. The number of carbonyl (C=O) groups is 1. The molecule has 0 aromatic carbocycles. The van der Waals surface area contributed by atoms with Gasteiger partial charge in [-0.2, -0.15) is 0 Å². The number of carbonyl (C=O) groups excluding carboxylic acids is 1. The molecule has 0 radical (unpaired) electrons. The molecule has 19 heavy (non-hydrogen) atoms. The first kappa shape index (κ1) is 15.1. The molecule has 2 N–H and O–H groups in total. The maximum atomic E-state index is 12.7. The van der Waals surface area contributed by atoms with Gasteiger partial charge in [-0.3, -0.25) is 4.79 Å². The van der Waals surface area contributed by atoms with E-state index in [9.17, 15) is 4.79 Å². The first-order valence-corrected chi connectivity index (χ1v) is 7.71. The van der Waals surface area contributed by atoms with Gasteiger partial charge in [0.05, 0.1) is 0 Å². The molecule has 2 saturated carbocycles. The molecule has 3 rings (SSSR count). The Morgan fingerprint density at radius 2 is 2.05 bits per heavy atom. The number of fused-ring (bicyclic) bond motifs is 1. The van der Waals surface area contributed by atoms with E-state index in [4.69, 9.17) is 5.73 Å². The van der Waals surface area contributed by atoms with Crippen LogP contribution in [0.5, 0.6) is 0 Å². The molecular formula is C15H27ClN2O. The molecule has 1 amide bonds. The van der Waals surface area contributed by atoms with Crippen LogP contribution < -0.4 is 5.73 Å². The van der Waals surface area contributed by atoms with Gasteiger partial charge in [0.2, 0.25) is 5.91 Å². The molecule has 2 aliphatic carbocycles. The van der Waals surface area contributed by atoms with Gasteiger partial charge in [0.25, 0.3) is 0 Å². The van der Waals surface area contributed by atoms with Crippen LogP contribution in [0.1, 0.15) is 51.9 Å². The number of rotatable bonds is 3. The minimum absolute atomic E-state index is 0. The molecule has 1 heterocycles. The van der Waals surface area contributed by atoms with Gasteiger partial charge in [-0.05, 0) is 43.9 Å². The minimum atomic E-state index is 0. The van der Waals surface area contributed by atoms with Gasteiger partial charge in [0.1, 0.15) is 0 Å². The third-order valence-corrected chi connectivity index (χ3v) is 5.48. The molecule has 0 aromatic heterocycles. The third kappa shape index (κ3) is 2.64. The summed E-state index contributed by atoms with van der Waals surface area (Å²) in [5.74, 6) is 1.72. The van der Waals surface area contributed by atoms with Gasteiger partial charge >= 0.3 is 0 Å². The van der Waals surface area contributed by atoms with Crippen molar-refractivity contribution in [2.24, 2.45) is 23.0 Å². The van der Waals surface area contributed by atoms with Crippen LogP contribution in [0.3, 0.4) is 0 Å². The van der Waals surface area contributed by atoms with Crippen molar-refractivity contribution < 1.29 is 4.79 Å². The summed E-state index contributed by atoms with van der Waals surface area (Å²) in [6.45, 7) is 4.12. The highest BCUT2D eigenvalue weighted by atomic mass is 35.5. The normalized spacial score (nSPS) is 35.5. The van der Waals surface area contributed by atoms with Crippen molar-refractivity contribution in [2.75, 3.05) is 13.1 Å². The largest absolute Gasteiger partial charge is 0.342 e. The maximum absolute atomic E-state index is 12.7. The lowest BCUT2D eigenvalue weighted by molar-refractivity contribution is -0.136. The summed E-state index contributed by atoms with van der Waals surface area (Å²) in [5, 5.41) is 0. The fourth-order valence-corrected chi connectivity index (χ4v) is 4.22. The summed E-state index contributed by atoms with van der Waals surface area (Å²) in [5.41, 5.74) is 6.28. The maximum Gasteiger partial charge on any atom is 0.228 e. The molecule has 110 valence electrons. The number of hydrogen-bond acceptors (Lipinski definition) is 2. The molecule has 3 aliphatic rings. The first-order valence-electron chi connectivity index (χ1n) is 7.71. The number of hydrogen-bond donors (Lipinski definition) is 1. The Morgan fingerprint density at radius 1 is 1.32 bits per heavy atom. The highest BCUT2D eigenvalue weighted by Crippen LogP contribution is 2.52. The summed E-state index contributed by atoms with van der Waals surface area (Å²) in [6, 6.07) is 0.336. The Bertz CT molecular complexity index is 343. The van der Waals surface area contributed by atoms with E-state index in [1.165, 1.54) is 12.8 Å². The highest BCUT2D eigenvalue weighted by molar-refractivity contribution is 5.86. The molecule has 0 spiro atoms. The van der Waals surface area contributed by atoms with Gasteiger partial charge in [0.15, 0.2) is 0 Å². The molecule has 1 saturated heterocycles. The van der Waals surface area contributed by atoms with Crippen LogP contribution in [0, 0.1) is 17.3 Å². The zero-order valence-corrected chi connectivity index (χ0v) is 12.8. The second kappa shape index (κ2) is 5.61. The van der Waals surface area contributed by atoms with E-state index < -0.39 is 0 Å². The van der Waals surface area contributed by atoms with E-state index in [-0.39, 0.29) is 17.8 Å². The van der Waals surface area contributed by atoms with E-state index >= 15 is 0 Å². The number of likely N-dealkylation sites (tertiary alicyclic amines) is 1. The van der Waals surface area contributed by atoms with Gasteiger partial charge in [-0.1, -0.05) is 19.8 Å². The second-order valence-corrected chi connectivity index (χ2v) is 6.76. The van der Waals surface area contributed by atoms with Crippen molar-refractivity contribution in [3.8, 4) is 0 Å². The van der Waals surface area contributed by atoms with Crippen LogP contribution in [-0.4, -0.2) is 29.9 Å². The predicted octanol–water partition coefficient (Wildman–Crippen LogP) is 2.57. The molecular weight excluding hydrogens is 260 g/mol. The van der Waals surface area contributed by atoms with Crippen LogP contribution in [0.15, 0.2) is 0 Å². The average molecular weight is 287 g/mol. The third-order valence-electron chi connectivity index (χ3n) is 5.48. The van der Waals surface area contributed by atoms with Gasteiger partial charge in [0, 0.05) is 24.5 Å². The molecule has 3 unspecified atom stereocenters. The summed E-state index contributed by atoms with van der Waals surface area (Å²) < 4.78 is 0. The molecule has 1 aliphatic heterocycles. The topological polar surface area (TPSA) is 46.3 Å².